The minimum Gasteiger partial charge on any atom is -0.304 e. The van der Waals surface area contributed by atoms with Crippen molar-refractivity contribution in [1.29, 1.82) is 0 Å². The molecule has 1 aliphatic heterocycles. The van der Waals surface area contributed by atoms with Crippen LogP contribution in [0.5, 0.6) is 0 Å². The Hall–Kier alpha value is -1.47. The highest BCUT2D eigenvalue weighted by molar-refractivity contribution is 5.97. The van der Waals surface area contributed by atoms with Crippen LogP contribution in [0.25, 0.3) is 0 Å². The topological polar surface area (TPSA) is 23.6 Å². The monoisotopic (exact) mass is 304 g/mol. The third kappa shape index (κ3) is 4.01. The van der Waals surface area contributed by atoms with Crippen LogP contribution in [0.15, 0.2) is 18.2 Å². The van der Waals surface area contributed by atoms with Gasteiger partial charge in [-0.05, 0) is 25.2 Å². The van der Waals surface area contributed by atoms with E-state index in [0.717, 1.165) is 19.2 Å². The molecule has 21 heavy (non-hydrogen) atoms. The van der Waals surface area contributed by atoms with Gasteiger partial charge in [-0.2, -0.15) is 13.2 Å². The van der Waals surface area contributed by atoms with E-state index in [1.54, 1.807) is 0 Å². The molecule has 0 bridgehead atoms. The zero-order valence-electron chi connectivity index (χ0n) is 11.6. The average Bonchev–Trinajstić information content (AvgIpc) is 2.40. The Morgan fingerprint density at radius 2 is 1.81 bits per heavy atom. The lowest BCUT2D eigenvalue weighted by molar-refractivity contribution is -0.140. The summed E-state index contributed by atoms with van der Waals surface area (Å²) in [6.45, 7) is 3.05. The molecule has 1 aliphatic rings. The molecule has 0 aliphatic carbocycles. The Bertz CT molecular complexity index is 522. The molecule has 0 atom stereocenters. The summed E-state index contributed by atoms with van der Waals surface area (Å²) in [5.74, 6) is -1.79. The van der Waals surface area contributed by atoms with Crippen molar-refractivity contribution < 1.29 is 22.4 Å². The van der Waals surface area contributed by atoms with Crippen LogP contribution in [0.1, 0.15) is 15.9 Å². The first-order chi connectivity index (χ1) is 9.77. The highest BCUT2D eigenvalue weighted by Crippen LogP contribution is 2.32. The summed E-state index contributed by atoms with van der Waals surface area (Å²) >= 11 is 0. The number of piperazine rings is 1. The van der Waals surface area contributed by atoms with Crippen LogP contribution < -0.4 is 0 Å². The van der Waals surface area contributed by atoms with Gasteiger partial charge >= 0.3 is 6.18 Å². The molecular weight excluding hydrogens is 288 g/mol. The molecule has 1 heterocycles. The summed E-state index contributed by atoms with van der Waals surface area (Å²) in [7, 11) is 1.97. The van der Waals surface area contributed by atoms with E-state index in [-0.39, 0.29) is 12.1 Å². The van der Waals surface area contributed by atoms with Crippen molar-refractivity contribution in [3.8, 4) is 0 Å². The number of halogens is 4. The van der Waals surface area contributed by atoms with Gasteiger partial charge in [-0.1, -0.05) is 0 Å². The van der Waals surface area contributed by atoms with E-state index in [0.29, 0.717) is 25.2 Å². The molecule has 0 saturated carbocycles. The number of carbonyl (C=O) groups is 1. The molecule has 0 radical (unpaired) electrons. The van der Waals surface area contributed by atoms with Crippen LogP contribution in [-0.4, -0.2) is 55.4 Å². The summed E-state index contributed by atoms with van der Waals surface area (Å²) in [4.78, 5) is 16.0. The Morgan fingerprint density at radius 3 is 2.38 bits per heavy atom. The Labute approximate surface area is 120 Å². The van der Waals surface area contributed by atoms with E-state index in [4.69, 9.17) is 0 Å². The van der Waals surface area contributed by atoms with Gasteiger partial charge in [0, 0.05) is 31.7 Å². The third-order valence-electron chi connectivity index (χ3n) is 3.56. The first-order valence-electron chi connectivity index (χ1n) is 6.58. The molecule has 0 N–H and O–H groups in total. The molecule has 1 fully saturated rings. The van der Waals surface area contributed by atoms with Crippen molar-refractivity contribution in [1.82, 2.24) is 9.80 Å². The smallest absolute Gasteiger partial charge is 0.304 e. The number of carbonyl (C=O) groups excluding carboxylic acids is 1. The van der Waals surface area contributed by atoms with Crippen molar-refractivity contribution in [2.24, 2.45) is 0 Å². The predicted molar refractivity (Wildman–Crippen MR) is 69.7 cm³/mol. The molecule has 2 rings (SSSR count). The molecule has 7 heteroatoms. The van der Waals surface area contributed by atoms with Crippen molar-refractivity contribution in [2.45, 2.75) is 6.18 Å². The van der Waals surface area contributed by atoms with E-state index in [1.807, 2.05) is 11.9 Å². The molecule has 0 amide bonds. The standard InChI is InChI=1S/C14H16F4N2O/c1-19-4-6-20(7-5-19)9-13(21)10-2-3-12(15)11(8-10)14(16,17)18/h2-3,8H,4-7,9H2,1H3. The average molecular weight is 304 g/mol. The van der Waals surface area contributed by atoms with Crippen LogP contribution in [0.3, 0.4) is 0 Å². The maximum absolute atomic E-state index is 13.2. The number of hydrogen-bond donors (Lipinski definition) is 0. The van der Waals surface area contributed by atoms with Gasteiger partial charge in [-0.25, -0.2) is 4.39 Å². The minimum atomic E-state index is -4.80. The second kappa shape index (κ2) is 6.11. The van der Waals surface area contributed by atoms with Crippen molar-refractivity contribution in [3.63, 3.8) is 0 Å². The number of rotatable bonds is 3. The predicted octanol–water partition coefficient (Wildman–Crippen LogP) is 2.27. The Kier molecular flexibility index (Phi) is 4.63. The summed E-state index contributed by atoms with van der Waals surface area (Å²) in [5, 5.41) is 0. The second-order valence-corrected chi connectivity index (χ2v) is 5.19. The van der Waals surface area contributed by atoms with E-state index in [1.165, 1.54) is 0 Å². The first-order valence-corrected chi connectivity index (χ1v) is 6.58. The quantitative estimate of drug-likeness (QED) is 0.632. The lowest BCUT2D eigenvalue weighted by Crippen LogP contribution is -2.46. The highest BCUT2D eigenvalue weighted by atomic mass is 19.4. The maximum Gasteiger partial charge on any atom is 0.419 e. The van der Waals surface area contributed by atoms with Crippen LogP contribution in [-0.2, 0) is 6.18 Å². The molecule has 0 unspecified atom stereocenters. The fourth-order valence-corrected chi connectivity index (χ4v) is 2.22. The third-order valence-corrected chi connectivity index (χ3v) is 3.56. The number of nitrogens with zero attached hydrogens (tertiary/aromatic N) is 2. The fraction of sp³-hybridized carbons (Fsp3) is 0.500. The Balaban J connectivity index is 2.09. The largest absolute Gasteiger partial charge is 0.419 e. The first kappa shape index (κ1) is 15.9. The van der Waals surface area contributed by atoms with Crippen LogP contribution >= 0.6 is 0 Å². The summed E-state index contributed by atoms with van der Waals surface area (Å²) in [5.41, 5.74) is -1.51. The lowest BCUT2D eigenvalue weighted by atomic mass is 10.1. The molecule has 1 aromatic carbocycles. The zero-order chi connectivity index (χ0) is 15.6. The van der Waals surface area contributed by atoms with Crippen LogP contribution in [0.4, 0.5) is 17.6 Å². The van der Waals surface area contributed by atoms with E-state index >= 15 is 0 Å². The minimum absolute atomic E-state index is 0.0524. The fourth-order valence-electron chi connectivity index (χ4n) is 2.22. The van der Waals surface area contributed by atoms with Gasteiger partial charge in [-0.15, -0.1) is 0 Å². The maximum atomic E-state index is 13.2. The van der Waals surface area contributed by atoms with E-state index in [9.17, 15) is 22.4 Å². The number of Topliss-reactive ketones (excluding diaryl/α,β-unsaturated/α-hetero) is 1. The van der Waals surface area contributed by atoms with Gasteiger partial charge in [0.1, 0.15) is 5.82 Å². The summed E-state index contributed by atoms with van der Waals surface area (Å²) in [6.07, 6.45) is -4.80. The Morgan fingerprint density at radius 1 is 1.19 bits per heavy atom. The number of benzene rings is 1. The number of hydrogen-bond acceptors (Lipinski definition) is 3. The molecule has 116 valence electrons. The molecular formula is C14H16F4N2O. The zero-order valence-corrected chi connectivity index (χ0v) is 11.6. The number of ketones is 1. The van der Waals surface area contributed by atoms with Gasteiger partial charge in [0.15, 0.2) is 5.78 Å². The molecule has 1 saturated heterocycles. The second-order valence-electron chi connectivity index (χ2n) is 5.19. The molecule has 0 spiro atoms. The SMILES string of the molecule is CN1CCN(CC(=O)c2ccc(F)c(C(F)(F)F)c2)CC1. The number of alkyl halides is 3. The van der Waals surface area contributed by atoms with E-state index < -0.39 is 23.3 Å². The van der Waals surface area contributed by atoms with Crippen molar-refractivity contribution >= 4 is 5.78 Å². The number of likely N-dealkylation sites (N-methyl/N-ethyl adjacent to an activating group) is 1. The summed E-state index contributed by atoms with van der Waals surface area (Å²) < 4.78 is 51.1. The van der Waals surface area contributed by atoms with E-state index in [2.05, 4.69) is 4.90 Å². The van der Waals surface area contributed by atoms with Gasteiger partial charge in [-0.3, -0.25) is 9.69 Å². The van der Waals surface area contributed by atoms with Gasteiger partial charge < -0.3 is 4.90 Å². The van der Waals surface area contributed by atoms with Crippen LogP contribution in [0, 0.1) is 5.82 Å². The van der Waals surface area contributed by atoms with Crippen molar-refractivity contribution in [2.75, 3.05) is 39.8 Å². The molecule has 1 aromatic rings. The molecule has 0 aromatic heterocycles. The normalized spacial score (nSPS) is 18.0. The van der Waals surface area contributed by atoms with Gasteiger partial charge in [0.2, 0.25) is 0 Å². The summed E-state index contributed by atoms with van der Waals surface area (Å²) in [6, 6.07) is 2.39. The van der Waals surface area contributed by atoms with Gasteiger partial charge in [0.05, 0.1) is 12.1 Å². The molecule has 3 nitrogen and oxygen atoms in total. The van der Waals surface area contributed by atoms with Gasteiger partial charge in [0.25, 0.3) is 0 Å². The van der Waals surface area contributed by atoms with Crippen LogP contribution in [0.2, 0.25) is 0 Å². The van der Waals surface area contributed by atoms with Crippen molar-refractivity contribution in [3.05, 3.63) is 35.1 Å². The lowest BCUT2D eigenvalue weighted by Gasteiger charge is -2.31. The highest BCUT2D eigenvalue weighted by Gasteiger charge is 2.34.